The fraction of sp³-hybridized carbons (Fsp3) is 0.600. The Morgan fingerprint density at radius 3 is 2.75 bits per heavy atom. The second kappa shape index (κ2) is 6.05. The summed E-state index contributed by atoms with van der Waals surface area (Å²) in [5, 5.41) is 9.86. The van der Waals surface area contributed by atoms with Crippen molar-refractivity contribution in [1.82, 2.24) is 0 Å². The molecule has 1 nitrogen and oxygen atoms in total. The van der Waals surface area contributed by atoms with Gasteiger partial charge in [-0.15, -0.1) is 0 Å². The molecule has 0 amide bonds. The predicted molar refractivity (Wildman–Crippen MR) is 70.2 cm³/mol. The van der Waals surface area contributed by atoms with Gasteiger partial charge in [-0.05, 0) is 43.6 Å². The Hall–Kier alpha value is -0.820. The third kappa shape index (κ3) is 3.97. The number of aliphatic hydroxyl groups is 1. The molecule has 2 atom stereocenters. The van der Waals surface area contributed by atoms with Crippen molar-refractivity contribution in [3.8, 4) is 0 Å². The van der Waals surface area contributed by atoms with Gasteiger partial charge in [-0.3, -0.25) is 0 Å². The van der Waals surface area contributed by atoms with Crippen molar-refractivity contribution >= 4 is 0 Å². The maximum absolute atomic E-state index is 9.86. The molecule has 0 saturated heterocycles. The summed E-state index contributed by atoms with van der Waals surface area (Å²) in [6, 6.07) is 0. The van der Waals surface area contributed by atoms with Gasteiger partial charge in [-0.1, -0.05) is 44.2 Å². The Kier molecular flexibility index (Phi) is 5.01. The van der Waals surface area contributed by atoms with Gasteiger partial charge in [0.15, 0.2) is 0 Å². The molecular formula is C15H24O. The lowest BCUT2D eigenvalue weighted by atomic mass is 9.88. The topological polar surface area (TPSA) is 20.2 Å². The van der Waals surface area contributed by atoms with Gasteiger partial charge in [0.2, 0.25) is 0 Å². The molecule has 0 aromatic rings. The fourth-order valence-electron chi connectivity index (χ4n) is 1.92. The van der Waals surface area contributed by atoms with E-state index in [4.69, 9.17) is 0 Å². The van der Waals surface area contributed by atoms with Crippen molar-refractivity contribution in [2.24, 2.45) is 11.8 Å². The molecule has 0 saturated carbocycles. The van der Waals surface area contributed by atoms with E-state index >= 15 is 0 Å². The van der Waals surface area contributed by atoms with E-state index in [0.717, 1.165) is 24.8 Å². The molecule has 0 aromatic heterocycles. The maximum atomic E-state index is 9.86. The lowest BCUT2D eigenvalue weighted by molar-refractivity contribution is 0.204. The van der Waals surface area contributed by atoms with Crippen LogP contribution in [-0.4, -0.2) is 11.2 Å². The van der Waals surface area contributed by atoms with Crippen molar-refractivity contribution in [2.45, 2.75) is 46.1 Å². The first-order valence-corrected chi connectivity index (χ1v) is 6.21. The molecule has 0 spiro atoms. The van der Waals surface area contributed by atoms with Crippen LogP contribution in [0.1, 0.15) is 40.0 Å². The molecule has 0 heterocycles. The van der Waals surface area contributed by atoms with Gasteiger partial charge in [0, 0.05) is 0 Å². The van der Waals surface area contributed by atoms with Crippen LogP contribution in [0.15, 0.2) is 36.0 Å². The largest absolute Gasteiger partial charge is 0.388 e. The molecule has 0 fully saturated rings. The highest BCUT2D eigenvalue weighted by Crippen LogP contribution is 2.23. The monoisotopic (exact) mass is 220 g/mol. The molecule has 1 aliphatic carbocycles. The standard InChI is InChI=1S/C15H24O/c1-11(2)14-8-5-12(3)6-10-15(16)13(4)7-9-14/h5,7,9,11,14-16H,4,6,8,10H2,1-3H3/b9-7-,12-5-/t14-,15+/m0/s1. The lowest BCUT2D eigenvalue weighted by Gasteiger charge is -2.18. The summed E-state index contributed by atoms with van der Waals surface area (Å²) in [7, 11) is 0. The summed E-state index contributed by atoms with van der Waals surface area (Å²) >= 11 is 0. The van der Waals surface area contributed by atoms with E-state index in [9.17, 15) is 5.11 Å². The average Bonchev–Trinajstić information content (AvgIpc) is 2.23. The first kappa shape index (κ1) is 13.2. The summed E-state index contributed by atoms with van der Waals surface area (Å²) in [6.45, 7) is 10.6. The highest BCUT2D eigenvalue weighted by atomic mass is 16.3. The third-order valence-corrected chi connectivity index (χ3v) is 3.39. The van der Waals surface area contributed by atoms with Crippen LogP contribution in [0.5, 0.6) is 0 Å². The Bertz CT molecular complexity index is 297. The normalized spacial score (nSPS) is 33.3. The first-order valence-electron chi connectivity index (χ1n) is 6.21. The number of hydrogen-bond donors (Lipinski definition) is 1. The SMILES string of the molecule is C=C1/C=C\[C@@H](C(C)C)C/C=C(/C)CC[C@H]1O. The minimum absolute atomic E-state index is 0.384. The van der Waals surface area contributed by atoms with E-state index in [0.29, 0.717) is 11.8 Å². The highest BCUT2D eigenvalue weighted by molar-refractivity contribution is 5.21. The summed E-state index contributed by atoms with van der Waals surface area (Å²) in [6.07, 6.45) is 9.00. The van der Waals surface area contributed by atoms with Crippen LogP contribution in [0.25, 0.3) is 0 Å². The Morgan fingerprint density at radius 2 is 2.12 bits per heavy atom. The van der Waals surface area contributed by atoms with Crippen LogP contribution in [0, 0.1) is 11.8 Å². The zero-order valence-corrected chi connectivity index (χ0v) is 10.7. The second-order valence-corrected chi connectivity index (χ2v) is 5.18. The lowest BCUT2D eigenvalue weighted by Crippen LogP contribution is -2.11. The number of rotatable bonds is 1. The van der Waals surface area contributed by atoms with Crippen LogP contribution in [0.2, 0.25) is 0 Å². The molecule has 1 aliphatic rings. The zero-order chi connectivity index (χ0) is 12.1. The summed E-state index contributed by atoms with van der Waals surface area (Å²) in [4.78, 5) is 0. The molecule has 16 heavy (non-hydrogen) atoms. The summed E-state index contributed by atoms with van der Waals surface area (Å²) < 4.78 is 0. The van der Waals surface area contributed by atoms with Gasteiger partial charge in [0.05, 0.1) is 6.10 Å². The van der Waals surface area contributed by atoms with Crippen molar-refractivity contribution in [1.29, 1.82) is 0 Å². The van der Waals surface area contributed by atoms with Gasteiger partial charge in [0.1, 0.15) is 0 Å². The van der Waals surface area contributed by atoms with Crippen molar-refractivity contribution in [3.63, 3.8) is 0 Å². The zero-order valence-electron chi connectivity index (χ0n) is 10.7. The van der Waals surface area contributed by atoms with E-state index in [1.54, 1.807) is 0 Å². The van der Waals surface area contributed by atoms with E-state index in [1.165, 1.54) is 5.57 Å². The van der Waals surface area contributed by atoms with E-state index in [-0.39, 0.29) is 6.10 Å². The molecular weight excluding hydrogens is 196 g/mol. The molecule has 90 valence electrons. The molecule has 0 radical (unpaired) electrons. The molecule has 1 N–H and O–H groups in total. The van der Waals surface area contributed by atoms with Gasteiger partial charge < -0.3 is 5.11 Å². The Labute approximate surface area is 99.6 Å². The molecule has 1 heteroatoms. The summed E-state index contributed by atoms with van der Waals surface area (Å²) in [5.41, 5.74) is 2.23. The minimum atomic E-state index is -0.384. The van der Waals surface area contributed by atoms with Gasteiger partial charge in [0.25, 0.3) is 0 Å². The number of allylic oxidation sites excluding steroid dienone is 3. The van der Waals surface area contributed by atoms with Crippen LogP contribution in [0.4, 0.5) is 0 Å². The predicted octanol–water partition coefficient (Wildman–Crippen LogP) is 3.86. The van der Waals surface area contributed by atoms with E-state index in [2.05, 4.69) is 39.5 Å². The fourth-order valence-corrected chi connectivity index (χ4v) is 1.92. The van der Waals surface area contributed by atoms with Gasteiger partial charge in [-0.2, -0.15) is 0 Å². The molecule has 0 bridgehead atoms. The van der Waals surface area contributed by atoms with Gasteiger partial charge >= 0.3 is 0 Å². The Balaban J connectivity index is 2.82. The summed E-state index contributed by atoms with van der Waals surface area (Å²) in [5.74, 6) is 1.18. The number of aliphatic hydroxyl groups excluding tert-OH is 1. The van der Waals surface area contributed by atoms with Crippen molar-refractivity contribution < 1.29 is 5.11 Å². The molecule has 0 aromatic carbocycles. The third-order valence-electron chi connectivity index (χ3n) is 3.39. The second-order valence-electron chi connectivity index (χ2n) is 5.18. The molecule has 0 aliphatic heterocycles. The molecule has 1 rings (SSSR count). The Morgan fingerprint density at radius 1 is 1.44 bits per heavy atom. The number of hydrogen-bond acceptors (Lipinski definition) is 1. The van der Waals surface area contributed by atoms with E-state index in [1.807, 2.05) is 6.08 Å². The highest BCUT2D eigenvalue weighted by Gasteiger charge is 2.12. The van der Waals surface area contributed by atoms with Crippen molar-refractivity contribution in [3.05, 3.63) is 36.0 Å². The first-order chi connectivity index (χ1) is 7.50. The quantitative estimate of drug-likeness (QED) is 0.665. The van der Waals surface area contributed by atoms with Crippen LogP contribution < -0.4 is 0 Å². The average molecular weight is 220 g/mol. The van der Waals surface area contributed by atoms with E-state index < -0.39 is 0 Å². The van der Waals surface area contributed by atoms with Crippen LogP contribution in [0.3, 0.4) is 0 Å². The molecule has 0 unspecified atom stereocenters. The van der Waals surface area contributed by atoms with Gasteiger partial charge in [-0.25, -0.2) is 0 Å². The van der Waals surface area contributed by atoms with Crippen LogP contribution >= 0.6 is 0 Å². The van der Waals surface area contributed by atoms with Crippen molar-refractivity contribution in [2.75, 3.05) is 0 Å². The van der Waals surface area contributed by atoms with Crippen LogP contribution in [-0.2, 0) is 0 Å². The minimum Gasteiger partial charge on any atom is -0.388 e. The maximum Gasteiger partial charge on any atom is 0.0787 e. The smallest absolute Gasteiger partial charge is 0.0787 e.